The van der Waals surface area contributed by atoms with E-state index in [0.29, 0.717) is 18.5 Å². The predicted molar refractivity (Wildman–Crippen MR) is 99.5 cm³/mol. The molecule has 0 aliphatic carbocycles. The Hall–Kier alpha value is -2.67. The molecule has 4 rings (SSSR count). The van der Waals surface area contributed by atoms with Gasteiger partial charge in [0.15, 0.2) is 0 Å². The Balaban J connectivity index is 1.44. The number of nitrogens with one attached hydrogen (secondary N) is 2. The zero-order valence-corrected chi connectivity index (χ0v) is 15.5. The number of benzene rings is 1. The van der Waals surface area contributed by atoms with Gasteiger partial charge < -0.3 is 10.2 Å². The summed E-state index contributed by atoms with van der Waals surface area (Å²) in [6, 6.07) is 5.36. The molecule has 0 saturated carbocycles. The molecule has 0 radical (unpaired) electrons. The highest BCUT2D eigenvalue weighted by atomic mass is 16.2. The Morgan fingerprint density at radius 2 is 2.04 bits per heavy atom. The number of piperidine rings is 1. The molecule has 1 unspecified atom stereocenters. The summed E-state index contributed by atoms with van der Waals surface area (Å²) in [5.74, 6) is -0.759. The maximum atomic E-state index is 12.7. The smallest absolute Gasteiger partial charge is 0.255 e. The minimum Gasteiger partial charge on any atom is -0.391 e. The third kappa shape index (κ3) is 3.60. The molecule has 27 heavy (non-hydrogen) atoms. The standard InChI is InChI=1S/C20H24N4O3/c1-23(11-14-6-7-21-9-14)10-13-2-3-16-15(8-13)12-24(20(16)27)17-4-5-18(25)22-19(17)26/h2-3,8-9,17,21H,4-7,10-12H2,1H3,(H,22,25,26). The maximum absolute atomic E-state index is 12.7. The van der Waals surface area contributed by atoms with Crippen LogP contribution in [0.5, 0.6) is 0 Å². The van der Waals surface area contributed by atoms with Crippen molar-refractivity contribution in [2.24, 2.45) is 0 Å². The first-order valence-electron chi connectivity index (χ1n) is 9.37. The van der Waals surface area contributed by atoms with Crippen molar-refractivity contribution in [2.75, 3.05) is 20.1 Å². The van der Waals surface area contributed by atoms with Crippen LogP contribution >= 0.6 is 0 Å². The minimum absolute atomic E-state index is 0.124. The van der Waals surface area contributed by atoms with E-state index in [9.17, 15) is 14.4 Å². The average Bonchev–Trinajstić information content (AvgIpc) is 3.23. The normalized spacial score (nSPS) is 22.0. The second kappa shape index (κ2) is 7.15. The summed E-state index contributed by atoms with van der Waals surface area (Å²) in [5, 5.41) is 5.57. The first kappa shape index (κ1) is 17.7. The van der Waals surface area contributed by atoms with E-state index in [1.54, 1.807) is 4.90 Å². The van der Waals surface area contributed by atoms with E-state index in [2.05, 4.69) is 34.8 Å². The predicted octanol–water partition coefficient (Wildman–Crippen LogP) is 0.757. The molecule has 1 aromatic carbocycles. The van der Waals surface area contributed by atoms with Crippen molar-refractivity contribution < 1.29 is 14.4 Å². The zero-order chi connectivity index (χ0) is 19.0. The topological polar surface area (TPSA) is 81.8 Å². The van der Waals surface area contributed by atoms with E-state index >= 15 is 0 Å². The first-order chi connectivity index (χ1) is 13.0. The first-order valence-corrected chi connectivity index (χ1v) is 9.37. The quantitative estimate of drug-likeness (QED) is 0.750. The van der Waals surface area contributed by atoms with Crippen molar-refractivity contribution in [1.82, 2.24) is 20.4 Å². The minimum atomic E-state index is -0.560. The number of rotatable bonds is 5. The molecule has 7 nitrogen and oxygen atoms in total. The van der Waals surface area contributed by atoms with Gasteiger partial charge in [0.25, 0.3) is 5.91 Å². The Kier molecular flexibility index (Phi) is 4.70. The number of carbonyl (C=O) groups is 3. The van der Waals surface area contributed by atoms with Crippen LogP contribution in [0.2, 0.25) is 0 Å². The second-order valence-corrected chi connectivity index (χ2v) is 7.57. The number of likely N-dealkylation sites (N-methyl/N-ethyl adjacent to an activating group) is 1. The van der Waals surface area contributed by atoms with Crippen molar-refractivity contribution in [3.63, 3.8) is 0 Å². The van der Waals surface area contributed by atoms with Crippen molar-refractivity contribution in [3.05, 3.63) is 46.7 Å². The van der Waals surface area contributed by atoms with E-state index in [1.807, 2.05) is 12.1 Å². The van der Waals surface area contributed by atoms with Gasteiger partial charge in [-0.3, -0.25) is 24.6 Å². The molecule has 7 heteroatoms. The van der Waals surface area contributed by atoms with Crippen LogP contribution in [0.1, 0.15) is 40.7 Å². The molecule has 3 heterocycles. The molecule has 0 spiro atoms. The van der Waals surface area contributed by atoms with Crippen molar-refractivity contribution >= 4 is 17.7 Å². The summed E-state index contributed by atoms with van der Waals surface area (Å²) < 4.78 is 0. The van der Waals surface area contributed by atoms with E-state index in [-0.39, 0.29) is 24.1 Å². The van der Waals surface area contributed by atoms with Gasteiger partial charge in [-0.2, -0.15) is 0 Å². The molecule has 2 N–H and O–H groups in total. The number of amides is 3. The van der Waals surface area contributed by atoms with E-state index in [1.165, 1.54) is 5.57 Å². The number of imide groups is 1. The summed E-state index contributed by atoms with van der Waals surface area (Å²) in [4.78, 5) is 40.1. The van der Waals surface area contributed by atoms with E-state index in [4.69, 9.17) is 0 Å². The Bertz CT molecular complexity index is 833. The lowest BCUT2D eigenvalue weighted by Crippen LogP contribution is -2.52. The fraction of sp³-hybridized carbons (Fsp3) is 0.450. The largest absolute Gasteiger partial charge is 0.391 e. The van der Waals surface area contributed by atoms with Gasteiger partial charge in [-0.05, 0) is 48.9 Å². The molecule has 1 atom stereocenters. The number of nitrogens with zero attached hydrogens (tertiary/aromatic N) is 2. The molecule has 3 amide bonds. The molecular formula is C20H24N4O3. The molecule has 0 bridgehead atoms. The van der Waals surface area contributed by atoms with Gasteiger partial charge in [0.2, 0.25) is 11.8 Å². The lowest BCUT2D eigenvalue weighted by Gasteiger charge is -2.29. The third-order valence-corrected chi connectivity index (χ3v) is 5.41. The van der Waals surface area contributed by atoms with Crippen LogP contribution in [0.25, 0.3) is 0 Å². The van der Waals surface area contributed by atoms with Gasteiger partial charge in [-0.1, -0.05) is 12.1 Å². The Morgan fingerprint density at radius 1 is 1.19 bits per heavy atom. The van der Waals surface area contributed by atoms with Gasteiger partial charge in [0.1, 0.15) is 6.04 Å². The zero-order valence-electron chi connectivity index (χ0n) is 15.5. The SMILES string of the molecule is CN(CC1=CNCC1)Cc1ccc2c(c1)CN(C1CCC(=O)NC1=O)C2=O. The van der Waals surface area contributed by atoms with Gasteiger partial charge in [0.05, 0.1) is 0 Å². The summed E-state index contributed by atoms with van der Waals surface area (Å²) in [7, 11) is 2.09. The average molecular weight is 368 g/mol. The second-order valence-electron chi connectivity index (χ2n) is 7.57. The fourth-order valence-corrected chi connectivity index (χ4v) is 4.09. The lowest BCUT2D eigenvalue weighted by molar-refractivity contribution is -0.136. The molecule has 3 aliphatic heterocycles. The van der Waals surface area contributed by atoms with E-state index < -0.39 is 6.04 Å². The van der Waals surface area contributed by atoms with Crippen molar-refractivity contribution in [1.29, 1.82) is 0 Å². The molecule has 1 fully saturated rings. The molecular weight excluding hydrogens is 344 g/mol. The van der Waals surface area contributed by atoms with Gasteiger partial charge >= 0.3 is 0 Å². The highest BCUT2D eigenvalue weighted by Gasteiger charge is 2.39. The number of fused-ring (bicyclic) bond motifs is 1. The van der Waals surface area contributed by atoms with E-state index in [0.717, 1.165) is 37.2 Å². The molecule has 1 aromatic rings. The van der Waals surface area contributed by atoms with Gasteiger partial charge in [0, 0.05) is 38.2 Å². The molecule has 1 saturated heterocycles. The number of carbonyl (C=O) groups excluding carboxylic acids is 3. The summed E-state index contributed by atoms with van der Waals surface area (Å²) in [6.45, 7) is 3.16. The summed E-state index contributed by atoms with van der Waals surface area (Å²) in [5.41, 5.74) is 4.17. The third-order valence-electron chi connectivity index (χ3n) is 5.41. The van der Waals surface area contributed by atoms with Crippen LogP contribution < -0.4 is 10.6 Å². The van der Waals surface area contributed by atoms with Crippen molar-refractivity contribution in [2.45, 2.75) is 38.4 Å². The highest BCUT2D eigenvalue weighted by Crippen LogP contribution is 2.28. The number of hydrogen-bond acceptors (Lipinski definition) is 5. The molecule has 3 aliphatic rings. The Labute approximate surface area is 158 Å². The monoisotopic (exact) mass is 368 g/mol. The van der Waals surface area contributed by atoms with Crippen LogP contribution in [-0.4, -0.2) is 53.7 Å². The molecule has 142 valence electrons. The summed E-state index contributed by atoms with van der Waals surface area (Å²) >= 11 is 0. The lowest BCUT2D eigenvalue weighted by atomic mass is 10.0. The van der Waals surface area contributed by atoms with Crippen LogP contribution in [0.4, 0.5) is 0 Å². The summed E-state index contributed by atoms with van der Waals surface area (Å²) in [6.07, 6.45) is 3.85. The van der Waals surface area contributed by atoms with Gasteiger partial charge in [-0.15, -0.1) is 0 Å². The maximum Gasteiger partial charge on any atom is 0.255 e. The van der Waals surface area contributed by atoms with Crippen molar-refractivity contribution in [3.8, 4) is 0 Å². The van der Waals surface area contributed by atoms with Crippen LogP contribution in [-0.2, 0) is 22.7 Å². The van der Waals surface area contributed by atoms with Crippen LogP contribution in [0.3, 0.4) is 0 Å². The van der Waals surface area contributed by atoms with Crippen LogP contribution in [0, 0.1) is 0 Å². The fourth-order valence-electron chi connectivity index (χ4n) is 4.09. The molecule has 0 aromatic heterocycles. The number of hydrogen-bond donors (Lipinski definition) is 2. The highest BCUT2D eigenvalue weighted by molar-refractivity contribution is 6.05. The van der Waals surface area contributed by atoms with Crippen LogP contribution in [0.15, 0.2) is 30.0 Å². The van der Waals surface area contributed by atoms with Gasteiger partial charge in [-0.25, -0.2) is 0 Å². The Morgan fingerprint density at radius 3 is 2.78 bits per heavy atom.